The lowest BCUT2D eigenvalue weighted by molar-refractivity contribution is -0.137. The van der Waals surface area contributed by atoms with E-state index in [1.165, 1.54) is 6.20 Å². The van der Waals surface area contributed by atoms with Crippen molar-refractivity contribution in [2.45, 2.75) is 24.4 Å². The minimum atomic E-state index is -4.66. The summed E-state index contributed by atoms with van der Waals surface area (Å²) in [6, 6.07) is 8.27. The van der Waals surface area contributed by atoms with Crippen molar-refractivity contribution in [3.8, 4) is 11.8 Å². The maximum Gasteiger partial charge on any atom is 0.416 e. The molecule has 0 bridgehead atoms. The number of anilines is 2. The number of nitriles is 1. The van der Waals surface area contributed by atoms with Crippen molar-refractivity contribution in [1.82, 2.24) is 14.8 Å². The fraction of sp³-hybridized carbons (Fsp3) is 0.200. The predicted octanol–water partition coefficient (Wildman–Crippen LogP) is 4.72. The highest BCUT2D eigenvalue weighted by atomic mass is 35.5. The van der Waals surface area contributed by atoms with Crippen LogP contribution in [0.5, 0.6) is 0 Å². The van der Waals surface area contributed by atoms with Gasteiger partial charge in [0.15, 0.2) is 5.69 Å². The van der Waals surface area contributed by atoms with E-state index in [2.05, 4.69) is 15.4 Å². The molecule has 1 aliphatic carbocycles. The maximum atomic E-state index is 13.1. The van der Waals surface area contributed by atoms with Crippen LogP contribution in [-0.2, 0) is 16.4 Å². The van der Waals surface area contributed by atoms with Crippen molar-refractivity contribution >= 4 is 40.7 Å². The molecular formula is C20H13Cl2F3N6O. The van der Waals surface area contributed by atoms with Crippen molar-refractivity contribution in [1.29, 1.82) is 5.26 Å². The molecule has 1 aliphatic rings. The van der Waals surface area contributed by atoms with Gasteiger partial charge in [0, 0.05) is 11.8 Å². The van der Waals surface area contributed by atoms with Gasteiger partial charge in [-0.05, 0) is 37.1 Å². The maximum absolute atomic E-state index is 13.1. The van der Waals surface area contributed by atoms with Crippen LogP contribution in [0.15, 0.2) is 36.5 Å². The van der Waals surface area contributed by atoms with Gasteiger partial charge >= 0.3 is 6.18 Å². The molecule has 32 heavy (non-hydrogen) atoms. The molecule has 0 radical (unpaired) electrons. The molecule has 12 heteroatoms. The number of pyridine rings is 1. The van der Waals surface area contributed by atoms with Crippen LogP contribution in [0.25, 0.3) is 5.69 Å². The number of amides is 1. The molecule has 1 amide bonds. The third-order valence-electron chi connectivity index (χ3n) is 5.15. The Morgan fingerprint density at radius 2 is 1.91 bits per heavy atom. The van der Waals surface area contributed by atoms with Crippen LogP contribution >= 0.6 is 23.2 Å². The molecule has 0 atom stereocenters. The summed E-state index contributed by atoms with van der Waals surface area (Å²) in [6.45, 7) is 0. The Balaban J connectivity index is 1.79. The number of nitrogens with two attached hydrogens (primary N) is 1. The second-order valence-corrected chi connectivity index (χ2v) is 7.98. The molecule has 1 fully saturated rings. The lowest BCUT2D eigenvalue weighted by Crippen LogP contribution is -2.29. The smallest absolute Gasteiger partial charge is 0.383 e. The lowest BCUT2D eigenvalue weighted by Gasteiger charge is -2.16. The SMILES string of the molecule is N#Cc1nn(-c2c(Cl)cc(C(F)(F)F)cc2Cl)c(N)c1C1(C(=O)Nc2ccccn2)CC1. The van der Waals surface area contributed by atoms with Gasteiger partial charge in [-0.15, -0.1) is 0 Å². The topological polar surface area (TPSA) is 110 Å². The zero-order valence-electron chi connectivity index (χ0n) is 16.0. The number of carbonyl (C=O) groups excluding carboxylic acids is 1. The molecule has 4 rings (SSSR count). The van der Waals surface area contributed by atoms with E-state index in [9.17, 15) is 23.2 Å². The number of nitrogens with one attached hydrogen (secondary N) is 1. The van der Waals surface area contributed by atoms with Gasteiger partial charge in [-0.25, -0.2) is 9.67 Å². The van der Waals surface area contributed by atoms with Crippen LogP contribution in [0.1, 0.15) is 29.7 Å². The van der Waals surface area contributed by atoms with Crippen LogP contribution in [-0.4, -0.2) is 20.7 Å². The molecule has 3 N–H and O–H groups in total. The van der Waals surface area contributed by atoms with E-state index < -0.39 is 23.1 Å². The van der Waals surface area contributed by atoms with E-state index in [0.717, 1.165) is 4.68 Å². The average molecular weight is 481 g/mol. The summed E-state index contributed by atoms with van der Waals surface area (Å²) in [4.78, 5) is 17.1. The number of alkyl halides is 3. The third kappa shape index (κ3) is 3.63. The predicted molar refractivity (Wildman–Crippen MR) is 111 cm³/mol. The molecule has 3 aromatic rings. The zero-order valence-corrected chi connectivity index (χ0v) is 17.6. The number of aromatic nitrogens is 3. The molecule has 2 heterocycles. The van der Waals surface area contributed by atoms with Gasteiger partial charge in [-0.3, -0.25) is 4.79 Å². The van der Waals surface area contributed by atoms with Crippen LogP contribution < -0.4 is 11.1 Å². The molecule has 164 valence electrons. The Bertz CT molecular complexity index is 1240. The van der Waals surface area contributed by atoms with E-state index in [1.54, 1.807) is 18.2 Å². The lowest BCUT2D eigenvalue weighted by atomic mass is 9.94. The summed E-state index contributed by atoms with van der Waals surface area (Å²) >= 11 is 12.2. The summed E-state index contributed by atoms with van der Waals surface area (Å²) in [7, 11) is 0. The molecule has 2 aromatic heterocycles. The molecule has 0 saturated heterocycles. The van der Waals surface area contributed by atoms with Crippen LogP contribution in [0, 0.1) is 11.3 Å². The molecule has 1 aromatic carbocycles. The van der Waals surface area contributed by atoms with Crippen molar-refractivity contribution in [3.63, 3.8) is 0 Å². The van der Waals surface area contributed by atoms with Crippen molar-refractivity contribution in [2.24, 2.45) is 0 Å². The highest BCUT2D eigenvalue weighted by molar-refractivity contribution is 6.38. The van der Waals surface area contributed by atoms with Crippen LogP contribution in [0.2, 0.25) is 10.0 Å². The largest absolute Gasteiger partial charge is 0.416 e. The van der Waals surface area contributed by atoms with Gasteiger partial charge in [0.2, 0.25) is 5.91 Å². The fourth-order valence-corrected chi connectivity index (χ4v) is 4.12. The Labute approximate surface area is 189 Å². The Morgan fingerprint density at radius 3 is 2.41 bits per heavy atom. The van der Waals surface area contributed by atoms with Crippen LogP contribution in [0.4, 0.5) is 24.8 Å². The average Bonchev–Trinajstić information content (AvgIpc) is 3.46. The van der Waals surface area contributed by atoms with Crippen molar-refractivity contribution in [3.05, 3.63) is 63.4 Å². The number of nitrogens with zero attached hydrogens (tertiary/aromatic N) is 4. The van der Waals surface area contributed by atoms with Gasteiger partial charge in [0.1, 0.15) is 23.4 Å². The Kier molecular flexibility index (Phi) is 5.27. The number of carbonyl (C=O) groups is 1. The van der Waals surface area contributed by atoms with E-state index in [1.807, 2.05) is 6.07 Å². The van der Waals surface area contributed by atoms with Gasteiger partial charge < -0.3 is 11.1 Å². The normalized spacial score (nSPS) is 14.6. The first-order valence-corrected chi connectivity index (χ1v) is 9.92. The van der Waals surface area contributed by atoms with E-state index in [0.29, 0.717) is 30.8 Å². The Morgan fingerprint density at radius 1 is 1.25 bits per heavy atom. The highest BCUT2D eigenvalue weighted by Gasteiger charge is 2.55. The summed E-state index contributed by atoms with van der Waals surface area (Å²) in [5.41, 5.74) is 3.97. The first-order valence-electron chi connectivity index (χ1n) is 9.16. The standard InChI is InChI=1S/C20H13Cl2F3N6O/c21-11-7-10(20(23,24)25)8-12(22)16(11)31-17(27)15(13(9-26)30-31)19(4-5-19)18(32)29-14-3-1-2-6-28-14/h1-3,6-8H,4-5,27H2,(H,28,29,32). The second-order valence-electron chi connectivity index (χ2n) is 7.17. The van der Waals surface area contributed by atoms with Gasteiger partial charge in [-0.1, -0.05) is 29.3 Å². The minimum absolute atomic E-state index is 0.112. The van der Waals surface area contributed by atoms with Crippen molar-refractivity contribution in [2.75, 3.05) is 11.1 Å². The van der Waals surface area contributed by atoms with Gasteiger partial charge in [0.05, 0.1) is 21.0 Å². The molecule has 1 saturated carbocycles. The number of nitrogen functional groups attached to an aromatic ring is 1. The summed E-state index contributed by atoms with van der Waals surface area (Å²) in [5, 5.41) is 15.7. The number of rotatable bonds is 4. The van der Waals surface area contributed by atoms with Crippen LogP contribution in [0.3, 0.4) is 0 Å². The molecule has 0 spiro atoms. The summed E-state index contributed by atoms with van der Waals surface area (Å²) < 4.78 is 40.2. The van der Waals surface area contributed by atoms with E-state index >= 15 is 0 Å². The monoisotopic (exact) mass is 480 g/mol. The van der Waals surface area contributed by atoms with E-state index in [4.69, 9.17) is 28.9 Å². The van der Waals surface area contributed by atoms with E-state index in [-0.39, 0.29) is 32.8 Å². The first kappa shape index (κ1) is 21.9. The second kappa shape index (κ2) is 7.69. The molecule has 7 nitrogen and oxygen atoms in total. The number of benzene rings is 1. The number of hydrogen-bond acceptors (Lipinski definition) is 5. The quantitative estimate of drug-likeness (QED) is 0.561. The van der Waals surface area contributed by atoms with Gasteiger partial charge in [0.25, 0.3) is 0 Å². The zero-order chi connectivity index (χ0) is 23.3. The molecule has 0 unspecified atom stereocenters. The highest BCUT2D eigenvalue weighted by Crippen LogP contribution is 2.53. The minimum Gasteiger partial charge on any atom is -0.383 e. The summed E-state index contributed by atoms with van der Waals surface area (Å²) in [5.74, 6) is -0.218. The Hall–Kier alpha value is -3.29. The first-order chi connectivity index (χ1) is 15.1. The number of hydrogen-bond donors (Lipinski definition) is 2. The molecular weight excluding hydrogens is 468 g/mol. The fourth-order valence-electron chi connectivity index (χ4n) is 3.47. The third-order valence-corrected chi connectivity index (χ3v) is 5.73. The summed E-state index contributed by atoms with van der Waals surface area (Å²) in [6.07, 6.45) is -2.36. The molecule has 0 aliphatic heterocycles. The van der Waals surface area contributed by atoms with Gasteiger partial charge in [-0.2, -0.15) is 23.5 Å². The van der Waals surface area contributed by atoms with Crippen molar-refractivity contribution < 1.29 is 18.0 Å². The number of halogens is 5.